The molecule has 1 atom stereocenters. The first-order valence-electron chi connectivity index (χ1n) is 10.7. The van der Waals surface area contributed by atoms with Crippen molar-refractivity contribution in [2.45, 2.75) is 38.4 Å². The number of nitrogens with zero attached hydrogens (tertiary/aromatic N) is 1. The van der Waals surface area contributed by atoms with Gasteiger partial charge in [-0.25, -0.2) is 10.3 Å². The third-order valence-electron chi connectivity index (χ3n) is 5.20. The average Bonchev–Trinajstić information content (AvgIpc) is 3.10. The third-order valence-corrected chi connectivity index (χ3v) is 5.53. The number of amides is 3. The van der Waals surface area contributed by atoms with E-state index in [1.54, 1.807) is 6.07 Å². The molecule has 8 nitrogen and oxygen atoms in total. The highest BCUT2D eigenvalue weighted by Crippen LogP contribution is 2.38. The number of methoxy groups -OCH3 is 1. The molecule has 1 saturated heterocycles. The number of rotatable bonds is 9. The number of hydrazine groups is 1. The lowest BCUT2D eigenvalue weighted by atomic mass is 10.2. The van der Waals surface area contributed by atoms with Crippen molar-refractivity contribution in [3.8, 4) is 11.5 Å². The Balaban J connectivity index is 1.68. The highest BCUT2D eigenvalue weighted by molar-refractivity contribution is 6.31. The van der Waals surface area contributed by atoms with Crippen LogP contribution in [0.15, 0.2) is 36.4 Å². The van der Waals surface area contributed by atoms with E-state index < -0.39 is 40.5 Å². The second kappa shape index (κ2) is 11.0. The number of hydrogen-bond donors (Lipinski definition) is 2. The van der Waals surface area contributed by atoms with Crippen molar-refractivity contribution < 1.29 is 37.0 Å². The van der Waals surface area contributed by atoms with Gasteiger partial charge in [0.1, 0.15) is 6.04 Å². The van der Waals surface area contributed by atoms with Crippen molar-refractivity contribution >= 4 is 35.0 Å². The Morgan fingerprint density at radius 3 is 2.57 bits per heavy atom. The van der Waals surface area contributed by atoms with E-state index in [1.807, 2.05) is 6.92 Å². The summed E-state index contributed by atoms with van der Waals surface area (Å²) < 4.78 is 50.4. The maximum absolute atomic E-state index is 13.2. The molecule has 1 aliphatic rings. The van der Waals surface area contributed by atoms with Gasteiger partial charge in [0.15, 0.2) is 11.5 Å². The van der Waals surface area contributed by atoms with Crippen molar-refractivity contribution in [2.75, 3.05) is 18.6 Å². The molecule has 0 aromatic heterocycles. The van der Waals surface area contributed by atoms with Gasteiger partial charge < -0.3 is 9.47 Å². The zero-order valence-corrected chi connectivity index (χ0v) is 19.6. The molecule has 1 heterocycles. The van der Waals surface area contributed by atoms with Crippen LogP contribution in [0, 0.1) is 0 Å². The van der Waals surface area contributed by atoms with Gasteiger partial charge in [0, 0.05) is 5.56 Å². The molecule has 2 aromatic carbocycles. The SMILES string of the molecule is CCCCOc1ccc(C(=O)NN[C@H]2CC(=O)N(c3ccc(Cl)c(C(F)(F)F)c3)C2=O)cc1OC. The van der Waals surface area contributed by atoms with Crippen LogP contribution in [-0.2, 0) is 15.8 Å². The largest absolute Gasteiger partial charge is 0.493 e. The van der Waals surface area contributed by atoms with Crippen LogP contribution in [0.2, 0.25) is 5.02 Å². The number of carbonyl (C=O) groups excluding carboxylic acids is 3. The molecule has 35 heavy (non-hydrogen) atoms. The molecular formula is C23H23ClF3N3O5. The quantitative estimate of drug-likeness (QED) is 0.297. The number of nitrogens with one attached hydrogen (secondary N) is 2. The Morgan fingerprint density at radius 2 is 1.91 bits per heavy atom. The second-order valence-electron chi connectivity index (χ2n) is 7.65. The van der Waals surface area contributed by atoms with Gasteiger partial charge in [-0.15, -0.1) is 0 Å². The summed E-state index contributed by atoms with van der Waals surface area (Å²) in [6, 6.07) is 6.11. The first-order valence-corrected chi connectivity index (χ1v) is 11.0. The minimum absolute atomic E-state index is 0.193. The molecule has 0 spiro atoms. The van der Waals surface area contributed by atoms with Crippen LogP contribution in [0.4, 0.5) is 18.9 Å². The smallest absolute Gasteiger partial charge is 0.417 e. The summed E-state index contributed by atoms with van der Waals surface area (Å²) in [5, 5.41) is -0.556. The Kier molecular flexibility index (Phi) is 8.23. The summed E-state index contributed by atoms with van der Waals surface area (Å²) in [6.07, 6.45) is -3.32. The van der Waals surface area contributed by atoms with E-state index in [2.05, 4.69) is 10.9 Å². The number of unbranched alkanes of at least 4 members (excludes halogenated alkanes) is 1. The summed E-state index contributed by atoms with van der Waals surface area (Å²) in [4.78, 5) is 38.3. The molecule has 3 amide bonds. The molecule has 1 fully saturated rings. The molecule has 12 heteroatoms. The Labute approximate surface area is 204 Å². The van der Waals surface area contributed by atoms with Crippen LogP contribution >= 0.6 is 11.6 Å². The zero-order valence-electron chi connectivity index (χ0n) is 18.9. The van der Waals surface area contributed by atoms with Gasteiger partial charge in [-0.3, -0.25) is 19.8 Å². The summed E-state index contributed by atoms with van der Waals surface area (Å²) in [5.41, 5.74) is 3.58. The number of alkyl halides is 3. The van der Waals surface area contributed by atoms with Crippen LogP contribution in [0.5, 0.6) is 11.5 Å². The van der Waals surface area contributed by atoms with Crippen LogP contribution in [0.1, 0.15) is 42.1 Å². The van der Waals surface area contributed by atoms with E-state index in [0.717, 1.165) is 25.0 Å². The van der Waals surface area contributed by atoms with Gasteiger partial charge in [-0.1, -0.05) is 24.9 Å². The Hall–Kier alpha value is -3.31. The van der Waals surface area contributed by atoms with Gasteiger partial charge in [0.25, 0.3) is 11.8 Å². The normalized spacial score (nSPS) is 15.9. The minimum Gasteiger partial charge on any atom is -0.493 e. The number of anilines is 1. The third kappa shape index (κ3) is 6.04. The maximum atomic E-state index is 13.2. The van der Waals surface area contributed by atoms with Crippen molar-refractivity contribution in [3.63, 3.8) is 0 Å². The average molecular weight is 514 g/mol. The summed E-state index contributed by atoms with van der Waals surface area (Å²) in [5.74, 6) is -1.35. The Morgan fingerprint density at radius 1 is 1.17 bits per heavy atom. The van der Waals surface area contributed by atoms with E-state index in [-0.39, 0.29) is 17.7 Å². The molecule has 0 radical (unpaired) electrons. The lowest BCUT2D eigenvalue weighted by Gasteiger charge is -2.18. The van der Waals surface area contributed by atoms with Crippen LogP contribution in [0.3, 0.4) is 0 Å². The molecule has 0 saturated carbocycles. The predicted octanol–water partition coefficient (Wildman–Crippen LogP) is 4.11. The summed E-state index contributed by atoms with van der Waals surface area (Å²) in [6.45, 7) is 2.52. The summed E-state index contributed by atoms with van der Waals surface area (Å²) >= 11 is 5.61. The molecule has 0 bridgehead atoms. The molecule has 3 rings (SSSR count). The second-order valence-corrected chi connectivity index (χ2v) is 8.06. The fourth-order valence-corrected chi connectivity index (χ4v) is 3.59. The number of benzene rings is 2. The first-order chi connectivity index (χ1) is 16.6. The fraction of sp³-hybridized carbons (Fsp3) is 0.348. The van der Waals surface area contributed by atoms with E-state index in [1.165, 1.54) is 19.2 Å². The number of ether oxygens (including phenoxy) is 2. The first kappa shape index (κ1) is 26.3. The van der Waals surface area contributed by atoms with Crippen molar-refractivity contribution in [2.24, 2.45) is 0 Å². The highest BCUT2D eigenvalue weighted by Gasteiger charge is 2.41. The van der Waals surface area contributed by atoms with Gasteiger partial charge in [0.2, 0.25) is 5.91 Å². The molecule has 188 valence electrons. The van der Waals surface area contributed by atoms with Crippen LogP contribution in [-0.4, -0.2) is 37.5 Å². The number of imide groups is 1. The Bertz CT molecular complexity index is 1130. The van der Waals surface area contributed by atoms with Crippen LogP contribution in [0.25, 0.3) is 0 Å². The molecular weight excluding hydrogens is 491 g/mol. The van der Waals surface area contributed by atoms with Gasteiger partial charge in [0.05, 0.1) is 36.4 Å². The van der Waals surface area contributed by atoms with Crippen molar-refractivity contribution in [1.82, 2.24) is 10.9 Å². The molecule has 0 unspecified atom stereocenters. The van der Waals surface area contributed by atoms with Gasteiger partial charge in [-0.2, -0.15) is 13.2 Å². The van der Waals surface area contributed by atoms with E-state index in [0.29, 0.717) is 29.1 Å². The highest BCUT2D eigenvalue weighted by atomic mass is 35.5. The lowest BCUT2D eigenvalue weighted by molar-refractivity contribution is -0.137. The molecule has 1 aliphatic heterocycles. The predicted molar refractivity (Wildman–Crippen MR) is 121 cm³/mol. The standard InChI is InChI=1S/C23H23ClF3N3O5/c1-3-4-9-35-18-8-5-13(10-19(18)34-2)21(32)29-28-17-12-20(31)30(22(17)33)14-6-7-16(24)15(11-14)23(25,26)27/h5-8,10-11,17,28H,3-4,9,12H2,1-2H3,(H,29,32)/t17-/m0/s1. The lowest BCUT2D eigenvalue weighted by Crippen LogP contribution is -2.48. The van der Waals surface area contributed by atoms with E-state index >= 15 is 0 Å². The monoisotopic (exact) mass is 513 g/mol. The minimum atomic E-state index is -4.76. The van der Waals surface area contributed by atoms with E-state index in [4.69, 9.17) is 21.1 Å². The van der Waals surface area contributed by atoms with Crippen molar-refractivity contribution in [1.29, 1.82) is 0 Å². The summed E-state index contributed by atoms with van der Waals surface area (Å²) in [7, 11) is 1.43. The van der Waals surface area contributed by atoms with Crippen LogP contribution < -0.4 is 25.2 Å². The maximum Gasteiger partial charge on any atom is 0.417 e. The topological polar surface area (TPSA) is 97.0 Å². The number of carbonyl (C=O) groups is 3. The molecule has 2 aromatic rings. The molecule has 2 N–H and O–H groups in total. The molecule has 0 aliphatic carbocycles. The number of hydrogen-bond acceptors (Lipinski definition) is 6. The van der Waals surface area contributed by atoms with Crippen molar-refractivity contribution in [3.05, 3.63) is 52.5 Å². The zero-order chi connectivity index (χ0) is 25.8. The van der Waals surface area contributed by atoms with E-state index in [9.17, 15) is 27.6 Å². The number of halogens is 4. The van der Waals surface area contributed by atoms with Gasteiger partial charge >= 0.3 is 6.18 Å². The van der Waals surface area contributed by atoms with Gasteiger partial charge in [-0.05, 0) is 42.8 Å². The fourth-order valence-electron chi connectivity index (χ4n) is 3.36.